The molecule has 0 fully saturated rings. The predicted molar refractivity (Wildman–Crippen MR) is 125 cm³/mol. The molecule has 0 saturated carbocycles. The minimum Gasteiger partial charge on any atom is -0.279 e. The summed E-state index contributed by atoms with van der Waals surface area (Å²) in [6, 6.07) is 16.3. The molecule has 3 heterocycles. The molecule has 0 N–H and O–H groups in total. The van der Waals surface area contributed by atoms with E-state index in [2.05, 4.69) is 47.1 Å². The molecule has 0 radical (unpaired) electrons. The molecule has 8 heteroatoms. The van der Waals surface area contributed by atoms with Gasteiger partial charge in [0.2, 0.25) is 5.78 Å². The van der Waals surface area contributed by atoms with Crippen molar-refractivity contribution in [1.82, 2.24) is 23.1 Å². The second-order valence-electron chi connectivity index (χ2n) is 7.54. The number of imidazole rings is 2. The molecule has 156 valence electrons. The van der Waals surface area contributed by atoms with Gasteiger partial charge in [-0.1, -0.05) is 47.1 Å². The smallest absolute Gasteiger partial charge is 0.279 e. The summed E-state index contributed by atoms with van der Waals surface area (Å²) in [6.07, 6.45) is 2.88. The molecule has 5 rings (SSSR count). The van der Waals surface area contributed by atoms with Crippen molar-refractivity contribution >= 4 is 32.9 Å². The van der Waals surface area contributed by atoms with E-state index in [-0.39, 0.29) is 5.56 Å². The van der Waals surface area contributed by atoms with Gasteiger partial charge in [-0.05, 0) is 36.2 Å². The number of benzene rings is 2. The highest BCUT2D eigenvalue weighted by molar-refractivity contribution is 9.10. The van der Waals surface area contributed by atoms with Crippen LogP contribution >= 0.6 is 15.9 Å². The molecular weight excluding hydrogens is 458 g/mol. The van der Waals surface area contributed by atoms with Gasteiger partial charge >= 0.3 is 5.69 Å². The largest absolute Gasteiger partial charge is 0.332 e. The van der Waals surface area contributed by atoms with E-state index in [9.17, 15) is 9.59 Å². The van der Waals surface area contributed by atoms with Gasteiger partial charge in [0.1, 0.15) is 0 Å². The lowest BCUT2D eigenvalue weighted by Crippen LogP contribution is -2.37. The first kappa shape index (κ1) is 19.6. The third-order valence-electron chi connectivity index (χ3n) is 5.71. The first-order valence-electron chi connectivity index (χ1n) is 9.95. The van der Waals surface area contributed by atoms with E-state index in [1.54, 1.807) is 11.4 Å². The van der Waals surface area contributed by atoms with Crippen LogP contribution in [-0.4, -0.2) is 23.1 Å². The summed E-state index contributed by atoms with van der Waals surface area (Å²) in [6.45, 7) is 2.12. The molecule has 0 saturated heterocycles. The van der Waals surface area contributed by atoms with Crippen molar-refractivity contribution < 1.29 is 0 Å². The SMILES string of the molecule is CCc1ccc(-c2cn3c4c(=O)n(C)c(=O)n(C)c4nc3n2-c2ccc(Br)cc2)cc1. The Morgan fingerprint density at radius 2 is 1.61 bits per heavy atom. The molecule has 0 aliphatic heterocycles. The van der Waals surface area contributed by atoms with E-state index in [0.29, 0.717) is 16.9 Å². The quantitative estimate of drug-likeness (QED) is 0.398. The summed E-state index contributed by atoms with van der Waals surface area (Å²) in [5, 5.41) is 0. The van der Waals surface area contributed by atoms with Gasteiger partial charge < -0.3 is 0 Å². The maximum atomic E-state index is 13.0. The van der Waals surface area contributed by atoms with Crippen LogP contribution < -0.4 is 11.2 Å². The molecule has 0 spiro atoms. The van der Waals surface area contributed by atoms with Crippen LogP contribution in [0.4, 0.5) is 0 Å². The third kappa shape index (κ3) is 2.90. The second-order valence-corrected chi connectivity index (χ2v) is 8.45. The number of aryl methyl sites for hydroxylation is 2. The Morgan fingerprint density at radius 1 is 0.935 bits per heavy atom. The maximum Gasteiger partial charge on any atom is 0.332 e. The molecule has 31 heavy (non-hydrogen) atoms. The van der Waals surface area contributed by atoms with Gasteiger partial charge in [-0.2, -0.15) is 4.98 Å². The van der Waals surface area contributed by atoms with E-state index in [1.807, 2.05) is 35.0 Å². The number of aromatic nitrogens is 5. The lowest BCUT2D eigenvalue weighted by Gasteiger charge is -2.10. The summed E-state index contributed by atoms with van der Waals surface area (Å²) in [4.78, 5) is 30.1. The van der Waals surface area contributed by atoms with Crippen molar-refractivity contribution in [2.45, 2.75) is 13.3 Å². The Kier molecular flexibility index (Phi) is 4.48. The lowest BCUT2D eigenvalue weighted by molar-refractivity contribution is 0.708. The average molecular weight is 478 g/mol. The van der Waals surface area contributed by atoms with Gasteiger partial charge in [-0.3, -0.25) is 22.9 Å². The van der Waals surface area contributed by atoms with E-state index < -0.39 is 5.69 Å². The highest BCUT2D eigenvalue weighted by Crippen LogP contribution is 2.29. The van der Waals surface area contributed by atoms with Gasteiger partial charge in [-0.15, -0.1) is 0 Å². The molecule has 2 aromatic carbocycles. The Morgan fingerprint density at radius 3 is 2.26 bits per heavy atom. The number of hydrogen-bond acceptors (Lipinski definition) is 3. The Balaban J connectivity index is 1.92. The zero-order valence-corrected chi connectivity index (χ0v) is 18.9. The van der Waals surface area contributed by atoms with Gasteiger partial charge in [0.05, 0.1) is 5.69 Å². The van der Waals surface area contributed by atoms with Crippen LogP contribution in [0.15, 0.2) is 68.8 Å². The number of nitrogens with zero attached hydrogens (tertiary/aromatic N) is 5. The molecular formula is C23H20BrN5O2. The molecule has 0 aliphatic rings. The van der Waals surface area contributed by atoms with Crippen molar-refractivity contribution in [3.8, 4) is 16.9 Å². The predicted octanol–water partition coefficient (Wildman–Crippen LogP) is 3.67. The van der Waals surface area contributed by atoms with Crippen molar-refractivity contribution in [3.05, 3.63) is 85.6 Å². The van der Waals surface area contributed by atoms with Gasteiger partial charge in [0.15, 0.2) is 11.2 Å². The molecule has 0 unspecified atom stereocenters. The molecule has 0 aliphatic carbocycles. The van der Waals surface area contributed by atoms with Gasteiger partial charge in [0.25, 0.3) is 5.56 Å². The molecule has 0 bridgehead atoms. The van der Waals surface area contributed by atoms with Crippen LogP contribution in [0.5, 0.6) is 0 Å². The third-order valence-corrected chi connectivity index (χ3v) is 6.24. The fraction of sp³-hybridized carbons (Fsp3) is 0.174. The zero-order valence-electron chi connectivity index (χ0n) is 17.3. The minimum atomic E-state index is -0.399. The van der Waals surface area contributed by atoms with Gasteiger partial charge in [0, 0.05) is 36.0 Å². The maximum absolute atomic E-state index is 13.0. The standard InChI is InChI=1S/C23H20BrN5O2/c1-4-14-5-7-15(8-6-14)18-13-28-19-20(26(2)23(31)27(3)21(19)30)25-22(28)29(18)17-11-9-16(24)10-12-17/h5-13H,4H2,1-3H3. The number of halogens is 1. The number of fused-ring (bicyclic) bond motifs is 3. The average Bonchev–Trinajstić information content (AvgIpc) is 3.33. The first-order chi connectivity index (χ1) is 14.9. The zero-order chi connectivity index (χ0) is 21.9. The fourth-order valence-corrected chi connectivity index (χ4v) is 4.19. The summed E-state index contributed by atoms with van der Waals surface area (Å²) < 4.78 is 7.28. The van der Waals surface area contributed by atoms with E-state index >= 15 is 0 Å². The summed E-state index contributed by atoms with van der Waals surface area (Å²) in [5.41, 5.74) is 4.05. The van der Waals surface area contributed by atoms with Crippen molar-refractivity contribution in [2.24, 2.45) is 14.1 Å². The summed E-state index contributed by atoms with van der Waals surface area (Å²) in [5.74, 6) is 0.574. The first-order valence-corrected chi connectivity index (χ1v) is 10.7. The van der Waals surface area contributed by atoms with E-state index in [0.717, 1.165) is 32.4 Å². The monoisotopic (exact) mass is 477 g/mol. The molecule has 0 atom stereocenters. The highest BCUT2D eigenvalue weighted by atomic mass is 79.9. The molecule has 5 aromatic rings. The van der Waals surface area contributed by atoms with Crippen molar-refractivity contribution in [3.63, 3.8) is 0 Å². The Bertz CT molecular complexity index is 1570. The van der Waals surface area contributed by atoms with Crippen LogP contribution in [0.3, 0.4) is 0 Å². The van der Waals surface area contributed by atoms with Crippen molar-refractivity contribution in [2.75, 3.05) is 0 Å². The van der Waals surface area contributed by atoms with Crippen LogP contribution in [0.2, 0.25) is 0 Å². The Labute approximate surface area is 185 Å². The lowest BCUT2D eigenvalue weighted by atomic mass is 10.1. The van der Waals surface area contributed by atoms with Crippen molar-refractivity contribution in [1.29, 1.82) is 0 Å². The molecule has 3 aromatic heterocycles. The van der Waals surface area contributed by atoms with Crippen LogP contribution in [0.25, 0.3) is 33.9 Å². The normalized spacial score (nSPS) is 11.6. The molecule has 7 nitrogen and oxygen atoms in total. The second kappa shape index (κ2) is 7.09. The molecule has 0 amide bonds. The summed E-state index contributed by atoms with van der Waals surface area (Å²) >= 11 is 3.49. The highest BCUT2D eigenvalue weighted by Gasteiger charge is 2.21. The number of hydrogen-bond donors (Lipinski definition) is 0. The minimum absolute atomic E-state index is 0.363. The van der Waals surface area contributed by atoms with Gasteiger partial charge in [-0.25, -0.2) is 4.79 Å². The number of rotatable bonds is 3. The fourth-order valence-electron chi connectivity index (χ4n) is 3.93. The Hall–Kier alpha value is -3.39. The van der Waals surface area contributed by atoms with E-state index in [4.69, 9.17) is 4.98 Å². The summed E-state index contributed by atoms with van der Waals surface area (Å²) in [7, 11) is 3.12. The van der Waals surface area contributed by atoms with Crippen LogP contribution in [0, 0.1) is 0 Å². The van der Waals surface area contributed by atoms with E-state index in [1.165, 1.54) is 17.2 Å². The topological polar surface area (TPSA) is 66.2 Å². The van der Waals surface area contributed by atoms with Crippen LogP contribution in [-0.2, 0) is 20.5 Å². The van der Waals surface area contributed by atoms with Crippen LogP contribution in [0.1, 0.15) is 12.5 Å².